The molecule has 0 saturated heterocycles. The van der Waals surface area contributed by atoms with Crippen molar-refractivity contribution < 1.29 is 9.59 Å². The van der Waals surface area contributed by atoms with Crippen LogP contribution in [-0.4, -0.2) is 33.7 Å². The first-order chi connectivity index (χ1) is 12.4. The van der Waals surface area contributed by atoms with Gasteiger partial charge in [-0.25, -0.2) is 0 Å². The first-order valence-electron chi connectivity index (χ1n) is 9.99. The number of amides is 2. The smallest absolute Gasteiger partial charge is 0.247 e. The van der Waals surface area contributed by atoms with Crippen molar-refractivity contribution in [3.05, 3.63) is 18.5 Å². The Morgan fingerprint density at radius 2 is 1.85 bits per heavy atom. The molecule has 3 saturated carbocycles. The van der Waals surface area contributed by atoms with Crippen LogP contribution in [0.4, 0.5) is 0 Å². The minimum absolute atomic E-state index is 0.0205. The van der Waals surface area contributed by atoms with Crippen molar-refractivity contribution in [2.75, 3.05) is 0 Å². The second kappa shape index (κ2) is 6.39. The standard InChI is InChI=1S/C20H30N4O2/c1-19(2,24-10-4-9-21-24)18(26)23-16-6-3-5-15(11-16)22-17(25)14-12-20(13-14)7-8-20/h4,9-10,14-16H,3,5-8,11-13H2,1-2H3,(H,22,25)(H,23,26). The van der Waals surface area contributed by atoms with Gasteiger partial charge in [-0.15, -0.1) is 0 Å². The summed E-state index contributed by atoms with van der Waals surface area (Å²) in [5.74, 6) is 0.440. The number of nitrogens with zero attached hydrogens (tertiary/aromatic N) is 2. The van der Waals surface area contributed by atoms with Gasteiger partial charge >= 0.3 is 0 Å². The fourth-order valence-electron chi connectivity index (χ4n) is 4.59. The van der Waals surface area contributed by atoms with Gasteiger partial charge in [-0.05, 0) is 76.7 Å². The van der Waals surface area contributed by atoms with Gasteiger partial charge in [0, 0.05) is 30.4 Å². The van der Waals surface area contributed by atoms with Crippen LogP contribution in [-0.2, 0) is 15.1 Å². The second-order valence-corrected chi connectivity index (χ2v) is 9.16. The van der Waals surface area contributed by atoms with Crippen LogP contribution in [0.3, 0.4) is 0 Å². The number of nitrogens with one attached hydrogen (secondary N) is 2. The summed E-state index contributed by atoms with van der Waals surface area (Å²) >= 11 is 0. The Balaban J connectivity index is 1.28. The van der Waals surface area contributed by atoms with Crippen molar-refractivity contribution in [2.45, 2.75) is 82.8 Å². The van der Waals surface area contributed by atoms with E-state index in [0.717, 1.165) is 38.5 Å². The van der Waals surface area contributed by atoms with Gasteiger partial charge in [-0.1, -0.05) is 0 Å². The van der Waals surface area contributed by atoms with Crippen molar-refractivity contribution in [1.29, 1.82) is 0 Å². The van der Waals surface area contributed by atoms with Crippen LogP contribution in [0.1, 0.15) is 65.2 Å². The highest BCUT2D eigenvalue weighted by Crippen LogP contribution is 2.63. The highest BCUT2D eigenvalue weighted by Gasteiger charge is 2.55. The average Bonchev–Trinajstić information content (AvgIpc) is 3.18. The summed E-state index contributed by atoms with van der Waals surface area (Å²) in [6.45, 7) is 3.75. The molecule has 0 aliphatic heterocycles. The summed E-state index contributed by atoms with van der Waals surface area (Å²) in [6, 6.07) is 2.13. The molecule has 1 heterocycles. The number of carbonyl (C=O) groups excluding carboxylic acids is 2. The monoisotopic (exact) mass is 358 g/mol. The molecule has 1 aromatic heterocycles. The van der Waals surface area contributed by atoms with Gasteiger partial charge in [-0.2, -0.15) is 5.10 Å². The highest BCUT2D eigenvalue weighted by atomic mass is 16.2. The van der Waals surface area contributed by atoms with E-state index in [9.17, 15) is 9.59 Å². The lowest BCUT2D eigenvalue weighted by atomic mass is 9.71. The SMILES string of the molecule is CC(C)(C(=O)NC1CCCC(NC(=O)C2CC3(CC3)C2)C1)n1cccn1. The van der Waals surface area contributed by atoms with E-state index < -0.39 is 5.54 Å². The van der Waals surface area contributed by atoms with Crippen LogP contribution in [0.15, 0.2) is 18.5 Å². The maximum absolute atomic E-state index is 12.7. The number of rotatable bonds is 5. The minimum atomic E-state index is -0.718. The van der Waals surface area contributed by atoms with E-state index in [1.54, 1.807) is 10.9 Å². The normalized spacial score (nSPS) is 27.6. The Labute approximate surface area is 155 Å². The molecule has 3 aliphatic carbocycles. The molecule has 2 unspecified atom stereocenters. The van der Waals surface area contributed by atoms with Crippen molar-refractivity contribution in [2.24, 2.45) is 11.3 Å². The third-order valence-electron chi connectivity index (χ3n) is 6.68. The van der Waals surface area contributed by atoms with E-state index in [1.807, 2.05) is 26.1 Å². The largest absolute Gasteiger partial charge is 0.353 e. The molecule has 1 aromatic rings. The molecule has 0 bridgehead atoms. The van der Waals surface area contributed by atoms with Crippen LogP contribution in [0.25, 0.3) is 0 Å². The van der Waals surface area contributed by atoms with Gasteiger partial charge in [0.15, 0.2) is 0 Å². The zero-order valence-electron chi connectivity index (χ0n) is 15.8. The highest BCUT2D eigenvalue weighted by molar-refractivity contribution is 5.83. The Kier molecular flexibility index (Phi) is 4.32. The molecule has 142 valence electrons. The summed E-state index contributed by atoms with van der Waals surface area (Å²) < 4.78 is 1.69. The molecule has 2 atom stereocenters. The fourth-order valence-corrected chi connectivity index (χ4v) is 4.59. The van der Waals surface area contributed by atoms with Gasteiger partial charge in [0.2, 0.25) is 11.8 Å². The van der Waals surface area contributed by atoms with Crippen LogP contribution in [0, 0.1) is 11.3 Å². The Morgan fingerprint density at radius 1 is 1.15 bits per heavy atom. The van der Waals surface area contributed by atoms with Crippen LogP contribution >= 0.6 is 0 Å². The maximum Gasteiger partial charge on any atom is 0.247 e. The zero-order valence-corrected chi connectivity index (χ0v) is 15.8. The minimum Gasteiger partial charge on any atom is -0.353 e. The van der Waals surface area contributed by atoms with Crippen molar-refractivity contribution in [3.8, 4) is 0 Å². The van der Waals surface area contributed by atoms with Gasteiger partial charge < -0.3 is 10.6 Å². The lowest BCUT2D eigenvalue weighted by Gasteiger charge is -2.37. The number of hydrogen-bond donors (Lipinski definition) is 2. The van der Waals surface area contributed by atoms with Crippen molar-refractivity contribution >= 4 is 11.8 Å². The predicted octanol–water partition coefficient (Wildman–Crippen LogP) is 2.35. The summed E-state index contributed by atoms with van der Waals surface area (Å²) in [5, 5.41) is 10.6. The molecule has 6 nitrogen and oxygen atoms in total. The maximum atomic E-state index is 12.7. The summed E-state index contributed by atoms with van der Waals surface area (Å²) in [6.07, 6.45) is 12.2. The van der Waals surface area contributed by atoms with Gasteiger partial charge in [0.25, 0.3) is 0 Å². The molecule has 0 aromatic carbocycles. The molecule has 2 N–H and O–H groups in total. The third-order valence-corrected chi connectivity index (χ3v) is 6.68. The van der Waals surface area contributed by atoms with E-state index in [-0.39, 0.29) is 29.8 Å². The quantitative estimate of drug-likeness (QED) is 0.848. The molecule has 2 amide bonds. The Hall–Kier alpha value is -1.85. The summed E-state index contributed by atoms with van der Waals surface area (Å²) in [5.41, 5.74) is -0.159. The summed E-state index contributed by atoms with van der Waals surface area (Å²) in [7, 11) is 0. The van der Waals surface area contributed by atoms with Crippen molar-refractivity contribution in [3.63, 3.8) is 0 Å². The average molecular weight is 358 g/mol. The van der Waals surface area contributed by atoms with Gasteiger partial charge in [0.05, 0.1) is 0 Å². The lowest BCUT2D eigenvalue weighted by molar-refractivity contribution is -0.130. The van der Waals surface area contributed by atoms with E-state index in [0.29, 0.717) is 5.41 Å². The van der Waals surface area contributed by atoms with Crippen LogP contribution in [0.2, 0.25) is 0 Å². The molecular weight excluding hydrogens is 328 g/mol. The molecular formula is C20H30N4O2. The van der Waals surface area contributed by atoms with Gasteiger partial charge in [0.1, 0.15) is 5.54 Å². The molecule has 3 aliphatic rings. The molecule has 4 rings (SSSR count). The first-order valence-corrected chi connectivity index (χ1v) is 9.99. The number of hydrogen-bond acceptors (Lipinski definition) is 3. The van der Waals surface area contributed by atoms with E-state index >= 15 is 0 Å². The second-order valence-electron chi connectivity index (χ2n) is 9.16. The first kappa shape index (κ1) is 17.6. The Bertz CT molecular complexity index is 670. The van der Waals surface area contributed by atoms with E-state index in [2.05, 4.69) is 15.7 Å². The zero-order chi connectivity index (χ0) is 18.4. The topological polar surface area (TPSA) is 76.0 Å². The van der Waals surface area contributed by atoms with Crippen molar-refractivity contribution in [1.82, 2.24) is 20.4 Å². The van der Waals surface area contributed by atoms with E-state index in [1.165, 1.54) is 12.8 Å². The Morgan fingerprint density at radius 3 is 2.46 bits per heavy atom. The number of aromatic nitrogens is 2. The molecule has 6 heteroatoms. The lowest BCUT2D eigenvalue weighted by Crippen LogP contribution is -2.52. The predicted molar refractivity (Wildman–Crippen MR) is 98.3 cm³/mol. The molecule has 3 fully saturated rings. The molecule has 1 spiro atoms. The van der Waals surface area contributed by atoms with E-state index in [4.69, 9.17) is 0 Å². The van der Waals surface area contributed by atoms with Crippen LogP contribution < -0.4 is 10.6 Å². The third kappa shape index (κ3) is 3.38. The molecule has 0 radical (unpaired) electrons. The number of carbonyl (C=O) groups is 2. The van der Waals surface area contributed by atoms with Gasteiger partial charge in [-0.3, -0.25) is 14.3 Å². The van der Waals surface area contributed by atoms with Crippen LogP contribution in [0.5, 0.6) is 0 Å². The molecule has 26 heavy (non-hydrogen) atoms. The summed E-state index contributed by atoms with van der Waals surface area (Å²) in [4.78, 5) is 25.2. The fraction of sp³-hybridized carbons (Fsp3) is 0.750.